The molecule has 0 aliphatic carbocycles. The van der Waals surface area contributed by atoms with Gasteiger partial charge in [-0.1, -0.05) is 11.6 Å². The molecule has 2 aromatic rings. The third kappa shape index (κ3) is 2.65. The second-order valence-corrected chi connectivity index (χ2v) is 4.13. The van der Waals surface area contributed by atoms with Crippen molar-refractivity contribution in [3.05, 3.63) is 35.1 Å². The van der Waals surface area contributed by atoms with Crippen molar-refractivity contribution in [1.82, 2.24) is 9.97 Å². The number of aromatic nitrogens is 2. The van der Waals surface area contributed by atoms with E-state index in [9.17, 15) is 4.79 Å². The van der Waals surface area contributed by atoms with Crippen LogP contribution in [0.15, 0.2) is 24.4 Å². The molecule has 2 aromatic heterocycles. The summed E-state index contributed by atoms with van der Waals surface area (Å²) < 4.78 is 10.2. The number of hydrogen-bond acceptors (Lipinski definition) is 5. The van der Waals surface area contributed by atoms with Gasteiger partial charge in [0.2, 0.25) is 0 Å². The average Bonchev–Trinajstić information content (AvgIpc) is 2.45. The number of ether oxygens (including phenoxy) is 2. The van der Waals surface area contributed by atoms with Crippen LogP contribution in [0.1, 0.15) is 10.4 Å². The molecule has 0 spiro atoms. The molecule has 0 atom stereocenters. The molecule has 0 saturated carbocycles. The lowest BCUT2D eigenvalue weighted by Crippen LogP contribution is -2.00. The summed E-state index contributed by atoms with van der Waals surface area (Å²) in [5.41, 5.74) is 1.08. The van der Waals surface area contributed by atoms with Crippen molar-refractivity contribution in [2.45, 2.75) is 0 Å². The summed E-state index contributed by atoms with van der Waals surface area (Å²) in [6.45, 7) is 0. The van der Waals surface area contributed by atoms with Gasteiger partial charge in [0.15, 0.2) is 5.75 Å². The van der Waals surface area contributed by atoms with Gasteiger partial charge >= 0.3 is 5.97 Å². The fraction of sp³-hybridized carbons (Fsp3) is 0.154. The Bertz CT molecular complexity index is 661. The molecule has 0 aliphatic heterocycles. The molecule has 2 rings (SSSR count). The van der Waals surface area contributed by atoms with Crippen LogP contribution < -0.4 is 9.47 Å². The molecular formula is C13H11ClN2O4. The zero-order valence-electron chi connectivity index (χ0n) is 10.8. The maximum Gasteiger partial charge on any atom is 0.338 e. The highest BCUT2D eigenvalue weighted by molar-refractivity contribution is 6.32. The minimum Gasteiger partial charge on any atom is -0.491 e. The number of halogens is 1. The van der Waals surface area contributed by atoms with E-state index < -0.39 is 5.97 Å². The first-order valence-electron chi connectivity index (χ1n) is 5.55. The molecule has 20 heavy (non-hydrogen) atoms. The SMILES string of the molecule is COc1cc(-c2ccc(C(=O)O)c(Cl)n2)cnc1OC. The molecule has 104 valence electrons. The van der Waals surface area contributed by atoms with E-state index in [1.165, 1.54) is 20.3 Å². The third-order valence-electron chi connectivity index (χ3n) is 2.61. The number of nitrogens with zero attached hydrogens (tertiary/aromatic N) is 2. The fourth-order valence-electron chi connectivity index (χ4n) is 1.63. The maximum absolute atomic E-state index is 10.9. The lowest BCUT2D eigenvalue weighted by Gasteiger charge is -2.08. The van der Waals surface area contributed by atoms with Crippen molar-refractivity contribution >= 4 is 17.6 Å². The van der Waals surface area contributed by atoms with Crippen LogP contribution >= 0.6 is 11.6 Å². The number of hydrogen-bond donors (Lipinski definition) is 1. The van der Waals surface area contributed by atoms with E-state index in [2.05, 4.69) is 9.97 Å². The van der Waals surface area contributed by atoms with E-state index in [1.807, 2.05) is 0 Å². The Morgan fingerprint density at radius 3 is 2.60 bits per heavy atom. The number of rotatable bonds is 4. The summed E-state index contributed by atoms with van der Waals surface area (Å²) in [5, 5.41) is 8.83. The summed E-state index contributed by atoms with van der Waals surface area (Å²) in [6.07, 6.45) is 1.54. The van der Waals surface area contributed by atoms with Crippen LogP contribution in [0.4, 0.5) is 0 Å². The van der Waals surface area contributed by atoms with E-state index in [0.717, 1.165) is 0 Å². The van der Waals surface area contributed by atoms with Crippen molar-refractivity contribution in [2.24, 2.45) is 0 Å². The minimum absolute atomic E-state index is 0.0520. The van der Waals surface area contributed by atoms with Crippen LogP contribution in [0, 0.1) is 0 Å². The molecule has 0 fully saturated rings. The summed E-state index contributed by atoms with van der Waals surface area (Å²) >= 11 is 5.84. The molecule has 2 heterocycles. The highest BCUT2D eigenvalue weighted by Gasteiger charge is 2.13. The van der Waals surface area contributed by atoms with Crippen LogP contribution in [-0.2, 0) is 0 Å². The molecule has 7 heteroatoms. The van der Waals surface area contributed by atoms with Gasteiger partial charge in [-0.05, 0) is 18.2 Å². The molecule has 0 unspecified atom stereocenters. The molecule has 0 amide bonds. The van der Waals surface area contributed by atoms with Crippen molar-refractivity contribution in [1.29, 1.82) is 0 Å². The van der Waals surface area contributed by atoms with Gasteiger partial charge < -0.3 is 14.6 Å². The predicted octanol–water partition coefficient (Wildman–Crippen LogP) is 2.51. The molecule has 6 nitrogen and oxygen atoms in total. The van der Waals surface area contributed by atoms with Crippen LogP contribution in [0.2, 0.25) is 5.15 Å². The third-order valence-corrected chi connectivity index (χ3v) is 2.89. The zero-order valence-corrected chi connectivity index (χ0v) is 11.5. The molecule has 0 saturated heterocycles. The Labute approximate surface area is 120 Å². The monoisotopic (exact) mass is 294 g/mol. The molecule has 1 N–H and O–H groups in total. The summed E-state index contributed by atoms with van der Waals surface area (Å²) in [5.74, 6) is -0.325. The van der Waals surface area contributed by atoms with E-state index in [0.29, 0.717) is 22.9 Å². The van der Waals surface area contributed by atoms with Crippen molar-refractivity contribution in [3.63, 3.8) is 0 Å². The van der Waals surface area contributed by atoms with Gasteiger partial charge in [0.05, 0.1) is 25.5 Å². The quantitative estimate of drug-likeness (QED) is 0.873. The van der Waals surface area contributed by atoms with E-state index in [-0.39, 0.29) is 10.7 Å². The largest absolute Gasteiger partial charge is 0.491 e. The summed E-state index contributed by atoms with van der Waals surface area (Å²) in [6, 6.07) is 4.63. The smallest absolute Gasteiger partial charge is 0.338 e. The highest BCUT2D eigenvalue weighted by atomic mass is 35.5. The molecule has 0 aromatic carbocycles. The fourth-order valence-corrected chi connectivity index (χ4v) is 1.86. The highest BCUT2D eigenvalue weighted by Crippen LogP contribution is 2.30. The van der Waals surface area contributed by atoms with Gasteiger partial charge in [-0.25, -0.2) is 14.8 Å². The van der Waals surface area contributed by atoms with Crippen LogP contribution in [0.25, 0.3) is 11.3 Å². The lowest BCUT2D eigenvalue weighted by atomic mass is 10.1. The molecular weight excluding hydrogens is 284 g/mol. The van der Waals surface area contributed by atoms with E-state index in [4.69, 9.17) is 26.2 Å². The van der Waals surface area contributed by atoms with Gasteiger partial charge in [-0.2, -0.15) is 0 Å². The van der Waals surface area contributed by atoms with Crippen molar-refractivity contribution in [2.75, 3.05) is 14.2 Å². The first kappa shape index (κ1) is 14.1. The Morgan fingerprint density at radius 1 is 1.30 bits per heavy atom. The number of carboxylic acids is 1. The number of carbonyl (C=O) groups is 1. The second kappa shape index (κ2) is 5.75. The summed E-state index contributed by atoms with van der Waals surface area (Å²) in [4.78, 5) is 19.0. The lowest BCUT2D eigenvalue weighted by molar-refractivity contribution is 0.0696. The number of carboxylic acid groups (broad SMARTS) is 1. The molecule has 0 bridgehead atoms. The van der Waals surface area contributed by atoms with Crippen molar-refractivity contribution < 1.29 is 19.4 Å². The van der Waals surface area contributed by atoms with Gasteiger partial charge in [0.1, 0.15) is 5.15 Å². The second-order valence-electron chi connectivity index (χ2n) is 3.78. The maximum atomic E-state index is 10.9. The van der Waals surface area contributed by atoms with Gasteiger partial charge in [0.25, 0.3) is 5.88 Å². The predicted molar refractivity (Wildman–Crippen MR) is 72.5 cm³/mol. The number of methoxy groups -OCH3 is 2. The zero-order chi connectivity index (χ0) is 14.7. The Hall–Kier alpha value is -2.34. The first-order valence-corrected chi connectivity index (χ1v) is 5.93. The van der Waals surface area contributed by atoms with Gasteiger partial charge in [-0.15, -0.1) is 0 Å². The van der Waals surface area contributed by atoms with Crippen molar-refractivity contribution in [3.8, 4) is 22.9 Å². The normalized spacial score (nSPS) is 10.2. The minimum atomic E-state index is -1.13. The van der Waals surface area contributed by atoms with E-state index >= 15 is 0 Å². The van der Waals surface area contributed by atoms with Crippen LogP contribution in [0.5, 0.6) is 11.6 Å². The van der Waals surface area contributed by atoms with E-state index in [1.54, 1.807) is 18.3 Å². The topological polar surface area (TPSA) is 81.5 Å². The van der Waals surface area contributed by atoms with Crippen LogP contribution in [0.3, 0.4) is 0 Å². The average molecular weight is 295 g/mol. The molecule has 0 aliphatic rings. The Balaban J connectivity index is 2.46. The number of pyridine rings is 2. The van der Waals surface area contributed by atoms with Gasteiger partial charge in [0, 0.05) is 11.8 Å². The Morgan fingerprint density at radius 2 is 2.05 bits per heavy atom. The Kier molecular flexibility index (Phi) is 4.05. The van der Waals surface area contributed by atoms with Gasteiger partial charge in [-0.3, -0.25) is 0 Å². The van der Waals surface area contributed by atoms with Crippen LogP contribution in [-0.4, -0.2) is 35.3 Å². The standard InChI is InChI=1S/C13H11ClN2O4/c1-19-10-5-7(6-15-12(10)20-2)9-4-3-8(13(17)18)11(14)16-9/h3-6H,1-2H3,(H,17,18). The molecule has 0 radical (unpaired) electrons. The summed E-state index contributed by atoms with van der Waals surface area (Å²) in [7, 11) is 2.98. The first-order chi connectivity index (χ1) is 9.56. The number of aromatic carboxylic acids is 1.